The minimum Gasteiger partial charge on any atom is -0.378 e. The standard InChI is InChI=1S/C23H30N2O4S/c1-15-16(2)18(4)23(19(5)17(15)3)30(27,28)24-21-8-6-20(7-9-21)14-22(26)25-10-12-29-13-11-25/h6-9,24H,10-14H2,1-5H3. The SMILES string of the molecule is Cc1c(C)c(C)c(S(=O)(=O)Nc2ccc(CC(=O)N3CCOCC3)cc2)c(C)c1C. The van der Waals surface area contributed by atoms with Crippen LogP contribution in [0.3, 0.4) is 0 Å². The van der Waals surface area contributed by atoms with Gasteiger partial charge in [0.15, 0.2) is 0 Å². The Balaban J connectivity index is 1.77. The number of carbonyl (C=O) groups is 1. The molecule has 1 saturated heterocycles. The molecule has 0 spiro atoms. The summed E-state index contributed by atoms with van der Waals surface area (Å²) in [5.74, 6) is 0.0588. The van der Waals surface area contributed by atoms with Crippen molar-refractivity contribution in [2.24, 2.45) is 0 Å². The maximum absolute atomic E-state index is 13.1. The van der Waals surface area contributed by atoms with Crippen LogP contribution in [0.15, 0.2) is 29.2 Å². The fraction of sp³-hybridized carbons (Fsp3) is 0.435. The number of nitrogens with one attached hydrogen (secondary N) is 1. The third-order valence-electron chi connectivity index (χ3n) is 6.13. The molecule has 0 unspecified atom stereocenters. The Morgan fingerprint density at radius 3 is 1.93 bits per heavy atom. The Morgan fingerprint density at radius 2 is 1.40 bits per heavy atom. The third kappa shape index (κ3) is 4.52. The van der Waals surface area contributed by atoms with E-state index in [4.69, 9.17) is 4.74 Å². The molecule has 7 heteroatoms. The van der Waals surface area contributed by atoms with Crippen LogP contribution in [-0.4, -0.2) is 45.5 Å². The molecule has 30 heavy (non-hydrogen) atoms. The van der Waals surface area contributed by atoms with Gasteiger partial charge in [0.1, 0.15) is 0 Å². The zero-order valence-corrected chi connectivity index (χ0v) is 19.1. The maximum atomic E-state index is 13.1. The molecule has 1 aliphatic heterocycles. The molecule has 0 bridgehead atoms. The number of nitrogens with zero attached hydrogens (tertiary/aromatic N) is 1. The van der Waals surface area contributed by atoms with Gasteiger partial charge >= 0.3 is 0 Å². The zero-order chi connectivity index (χ0) is 22.1. The average molecular weight is 431 g/mol. The lowest BCUT2D eigenvalue weighted by atomic mass is 9.95. The summed E-state index contributed by atoms with van der Waals surface area (Å²) in [6, 6.07) is 7.00. The Morgan fingerprint density at radius 1 is 0.900 bits per heavy atom. The number of anilines is 1. The Hall–Kier alpha value is -2.38. The van der Waals surface area contributed by atoms with Crippen molar-refractivity contribution in [1.82, 2.24) is 4.90 Å². The Labute approximate surface area is 179 Å². The molecule has 1 N–H and O–H groups in total. The number of ether oxygens (including phenoxy) is 1. The van der Waals surface area contributed by atoms with E-state index in [-0.39, 0.29) is 5.91 Å². The summed E-state index contributed by atoms with van der Waals surface area (Å²) in [6.07, 6.45) is 0.293. The first kappa shape index (κ1) is 22.3. The lowest BCUT2D eigenvalue weighted by Gasteiger charge is -2.26. The second kappa shape index (κ2) is 8.78. The van der Waals surface area contributed by atoms with Gasteiger partial charge in [-0.1, -0.05) is 12.1 Å². The van der Waals surface area contributed by atoms with Crippen LogP contribution in [0.5, 0.6) is 0 Å². The van der Waals surface area contributed by atoms with E-state index in [1.165, 1.54) is 0 Å². The van der Waals surface area contributed by atoms with Crippen molar-refractivity contribution in [2.75, 3.05) is 31.0 Å². The van der Waals surface area contributed by atoms with Gasteiger partial charge in [-0.25, -0.2) is 8.42 Å². The van der Waals surface area contributed by atoms with Crippen LogP contribution in [0.25, 0.3) is 0 Å². The number of benzene rings is 2. The van der Waals surface area contributed by atoms with Crippen molar-refractivity contribution in [3.8, 4) is 0 Å². The average Bonchev–Trinajstić information content (AvgIpc) is 2.72. The molecule has 1 heterocycles. The van der Waals surface area contributed by atoms with Gasteiger partial charge in [-0.3, -0.25) is 9.52 Å². The van der Waals surface area contributed by atoms with Gasteiger partial charge in [0.2, 0.25) is 5.91 Å². The smallest absolute Gasteiger partial charge is 0.262 e. The number of hydrogen-bond donors (Lipinski definition) is 1. The molecule has 1 aliphatic rings. The highest BCUT2D eigenvalue weighted by molar-refractivity contribution is 7.92. The number of sulfonamides is 1. The fourth-order valence-corrected chi connectivity index (χ4v) is 5.53. The molecule has 1 fully saturated rings. The first-order valence-electron chi connectivity index (χ1n) is 10.2. The van der Waals surface area contributed by atoms with Crippen molar-refractivity contribution >= 4 is 21.6 Å². The molecule has 0 radical (unpaired) electrons. The van der Waals surface area contributed by atoms with Crippen LogP contribution >= 0.6 is 0 Å². The lowest BCUT2D eigenvalue weighted by molar-refractivity contribution is -0.134. The third-order valence-corrected chi connectivity index (χ3v) is 7.78. The van der Waals surface area contributed by atoms with Gasteiger partial charge in [0.25, 0.3) is 10.0 Å². The molecule has 0 saturated carbocycles. The maximum Gasteiger partial charge on any atom is 0.262 e. The van der Waals surface area contributed by atoms with Gasteiger partial charge in [-0.2, -0.15) is 0 Å². The normalized spacial score (nSPS) is 14.6. The van der Waals surface area contributed by atoms with Gasteiger partial charge in [-0.15, -0.1) is 0 Å². The monoisotopic (exact) mass is 430 g/mol. The summed E-state index contributed by atoms with van der Waals surface area (Å²) in [5, 5.41) is 0. The predicted octanol–water partition coefficient (Wildman–Crippen LogP) is 3.43. The predicted molar refractivity (Wildman–Crippen MR) is 118 cm³/mol. The molecular weight excluding hydrogens is 400 g/mol. The number of amides is 1. The van der Waals surface area contributed by atoms with Crippen LogP contribution in [0.1, 0.15) is 33.4 Å². The topological polar surface area (TPSA) is 75.7 Å². The summed E-state index contributed by atoms with van der Waals surface area (Å²) in [6.45, 7) is 12.0. The van der Waals surface area contributed by atoms with Gasteiger partial charge in [-0.05, 0) is 80.1 Å². The Bertz CT molecular complexity index is 1020. The van der Waals surface area contributed by atoms with E-state index < -0.39 is 10.0 Å². The van der Waals surface area contributed by atoms with E-state index in [0.29, 0.717) is 43.3 Å². The van der Waals surface area contributed by atoms with Crippen LogP contribution in [0.2, 0.25) is 0 Å². The van der Waals surface area contributed by atoms with E-state index in [1.54, 1.807) is 29.2 Å². The summed E-state index contributed by atoms with van der Waals surface area (Å²) < 4.78 is 34.3. The van der Waals surface area contributed by atoms with Crippen molar-refractivity contribution in [1.29, 1.82) is 0 Å². The van der Waals surface area contributed by atoms with Crippen LogP contribution < -0.4 is 4.72 Å². The van der Waals surface area contributed by atoms with E-state index in [1.807, 2.05) is 34.6 Å². The molecule has 1 amide bonds. The van der Waals surface area contributed by atoms with Crippen LogP contribution in [0, 0.1) is 34.6 Å². The number of hydrogen-bond acceptors (Lipinski definition) is 4. The largest absolute Gasteiger partial charge is 0.378 e. The quantitative estimate of drug-likeness (QED) is 0.789. The van der Waals surface area contributed by atoms with Crippen LogP contribution in [-0.2, 0) is 26.0 Å². The molecule has 6 nitrogen and oxygen atoms in total. The van der Waals surface area contributed by atoms with Crippen molar-refractivity contribution in [3.05, 3.63) is 57.6 Å². The van der Waals surface area contributed by atoms with E-state index in [9.17, 15) is 13.2 Å². The molecule has 0 atom stereocenters. The number of rotatable bonds is 5. The molecule has 2 aromatic rings. The number of morpholine rings is 1. The molecule has 3 rings (SSSR count). The van der Waals surface area contributed by atoms with E-state index >= 15 is 0 Å². The van der Waals surface area contributed by atoms with E-state index in [2.05, 4.69) is 4.72 Å². The van der Waals surface area contributed by atoms with Crippen LogP contribution in [0.4, 0.5) is 5.69 Å². The lowest BCUT2D eigenvalue weighted by Crippen LogP contribution is -2.41. The van der Waals surface area contributed by atoms with Gasteiger partial charge in [0, 0.05) is 18.8 Å². The van der Waals surface area contributed by atoms with Crippen molar-refractivity contribution in [3.63, 3.8) is 0 Å². The molecule has 2 aromatic carbocycles. The van der Waals surface area contributed by atoms with Crippen molar-refractivity contribution < 1.29 is 17.9 Å². The highest BCUT2D eigenvalue weighted by Gasteiger charge is 2.24. The summed E-state index contributed by atoms with van der Waals surface area (Å²) in [5.41, 5.74) is 5.99. The molecular formula is C23H30N2O4S. The minimum absolute atomic E-state index is 0.0588. The minimum atomic E-state index is -3.73. The summed E-state index contributed by atoms with van der Waals surface area (Å²) in [7, 11) is -3.73. The molecule has 162 valence electrons. The fourth-order valence-electron chi connectivity index (χ4n) is 3.86. The van der Waals surface area contributed by atoms with Gasteiger partial charge in [0.05, 0.1) is 24.5 Å². The summed E-state index contributed by atoms with van der Waals surface area (Å²) >= 11 is 0. The Kier molecular flexibility index (Phi) is 6.53. The second-order valence-corrected chi connectivity index (χ2v) is 9.55. The number of carbonyl (C=O) groups excluding carboxylic acids is 1. The zero-order valence-electron chi connectivity index (χ0n) is 18.3. The highest BCUT2D eigenvalue weighted by atomic mass is 32.2. The van der Waals surface area contributed by atoms with Crippen molar-refractivity contribution in [2.45, 2.75) is 45.9 Å². The first-order chi connectivity index (χ1) is 14.1. The second-order valence-electron chi connectivity index (χ2n) is 7.93. The molecule has 0 aromatic heterocycles. The van der Waals surface area contributed by atoms with E-state index in [0.717, 1.165) is 33.4 Å². The summed E-state index contributed by atoms with van der Waals surface area (Å²) in [4.78, 5) is 14.5. The van der Waals surface area contributed by atoms with Gasteiger partial charge < -0.3 is 9.64 Å². The first-order valence-corrected chi connectivity index (χ1v) is 11.6. The highest BCUT2D eigenvalue weighted by Crippen LogP contribution is 2.30. The molecule has 0 aliphatic carbocycles.